The van der Waals surface area contributed by atoms with Gasteiger partial charge in [0.25, 0.3) is 0 Å². The number of carbonyl (C=O) groups is 2. The third-order valence-corrected chi connectivity index (χ3v) is 4.53. The Kier molecular flexibility index (Phi) is 4.80. The van der Waals surface area contributed by atoms with Gasteiger partial charge in [-0.2, -0.15) is 0 Å². The Hall–Kier alpha value is -1.10. The van der Waals surface area contributed by atoms with E-state index in [1.165, 1.54) is 0 Å². The number of nitrogens with one attached hydrogen (secondary N) is 2. The van der Waals surface area contributed by atoms with Crippen LogP contribution in [0.5, 0.6) is 0 Å². The number of aliphatic carboxylic acids is 1. The van der Waals surface area contributed by atoms with Gasteiger partial charge in [0, 0.05) is 13.0 Å². The number of piperidine rings is 1. The van der Waals surface area contributed by atoms with Crippen molar-refractivity contribution < 1.29 is 14.7 Å². The van der Waals surface area contributed by atoms with Crippen LogP contribution in [-0.2, 0) is 9.59 Å². The van der Waals surface area contributed by atoms with Crippen LogP contribution >= 0.6 is 0 Å². The SMILES string of the molecule is O=C(O)CC1(CNC(=O)CC2CCNCC2)CCC1. The number of carboxylic acids is 1. The molecule has 108 valence electrons. The summed E-state index contributed by atoms with van der Waals surface area (Å²) >= 11 is 0. The predicted molar refractivity (Wildman–Crippen MR) is 71.8 cm³/mol. The van der Waals surface area contributed by atoms with Gasteiger partial charge in [0.2, 0.25) is 5.91 Å². The minimum absolute atomic E-state index is 0.0866. The summed E-state index contributed by atoms with van der Waals surface area (Å²) in [6.45, 7) is 2.53. The van der Waals surface area contributed by atoms with Crippen LogP contribution in [0.15, 0.2) is 0 Å². The Labute approximate surface area is 114 Å². The molecule has 0 bridgehead atoms. The van der Waals surface area contributed by atoms with Crippen molar-refractivity contribution in [1.82, 2.24) is 10.6 Å². The molecule has 0 aromatic carbocycles. The monoisotopic (exact) mass is 268 g/mol. The molecule has 2 rings (SSSR count). The molecule has 1 aliphatic heterocycles. The van der Waals surface area contributed by atoms with Gasteiger partial charge in [-0.1, -0.05) is 6.42 Å². The van der Waals surface area contributed by atoms with E-state index in [9.17, 15) is 9.59 Å². The van der Waals surface area contributed by atoms with Crippen LogP contribution in [0, 0.1) is 11.3 Å². The standard InChI is InChI=1S/C14H24N2O3/c17-12(8-11-2-6-15-7-3-11)16-10-14(4-1-5-14)9-13(18)19/h11,15H,1-10H2,(H,16,17)(H,18,19). The lowest BCUT2D eigenvalue weighted by atomic mass is 9.66. The molecule has 0 atom stereocenters. The molecule has 19 heavy (non-hydrogen) atoms. The van der Waals surface area contributed by atoms with Crippen LogP contribution in [-0.4, -0.2) is 36.6 Å². The van der Waals surface area contributed by atoms with E-state index in [0.717, 1.165) is 45.2 Å². The summed E-state index contributed by atoms with van der Waals surface area (Å²) in [5.74, 6) is -0.186. The summed E-state index contributed by atoms with van der Waals surface area (Å²) in [6.07, 6.45) is 5.82. The summed E-state index contributed by atoms with van der Waals surface area (Å²) in [5, 5.41) is 15.2. The maximum Gasteiger partial charge on any atom is 0.303 e. The number of rotatable bonds is 6. The van der Waals surface area contributed by atoms with Crippen molar-refractivity contribution in [3.63, 3.8) is 0 Å². The summed E-state index contributed by atoms with van der Waals surface area (Å²) in [5.41, 5.74) is -0.171. The van der Waals surface area contributed by atoms with E-state index in [2.05, 4.69) is 10.6 Å². The van der Waals surface area contributed by atoms with Gasteiger partial charge < -0.3 is 15.7 Å². The molecule has 3 N–H and O–H groups in total. The zero-order valence-corrected chi connectivity index (χ0v) is 11.4. The van der Waals surface area contributed by atoms with Crippen molar-refractivity contribution in [2.45, 2.75) is 44.9 Å². The Morgan fingerprint density at radius 3 is 2.47 bits per heavy atom. The third-order valence-electron chi connectivity index (χ3n) is 4.53. The van der Waals surface area contributed by atoms with Crippen molar-refractivity contribution in [3.8, 4) is 0 Å². The van der Waals surface area contributed by atoms with E-state index in [1.807, 2.05) is 0 Å². The molecule has 0 unspecified atom stereocenters. The van der Waals surface area contributed by atoms with Crippen molar-refractivity contribution in [3.05, 3.63) is 0 Å². The van der Waals surface area contributed by atoms with Crippen LogP contribution in [0.25, 0.3) is 0 Å². The smallest absolute Gasteiger partial charge is 0.303 e. The van der Waals surface area contributed by atoms with Gasteiger partial charge in [0.1, 0.15) is 0 Å². The van der Waals surface area contributed by atoms with Gasteiger partial charge in [-0.15, -0.1) is 0 Å². The molecule has 0 spiro atoms. The minimum atomic E-state index is -0.757. The van der Waals surface area contributed by atoms with Crippen LogP contribution in [0.2, 0.25) is 0 Å². The van der Waals surface area contributed by atoms with Crippen LogP contribution < -0.4 is 10.6 Å². The highest BCUT2D eigenvalue weighted by atomic mass is 16.4. The van der Waals surface area contributed by atoms with Crippen molar-refractivity contribution in [2.24, 2.45) is 11.3 Å². The molecule has 5 nitrogen and oxygen atoms in total. The fourth-order valence-corrected chi connectivity index (χ4v) is 3.12. The number of hydrogen-bond acceptors (Lipinski definition) is 3. The Morgan fingerprint density at radius 1 is 1.26 bits per heavy atom. The molecular formula is C14H24N2O3. The molecule has 0 radical (unpaired) electrons. The molecular weight excluding hydrogens is 244 g/mol. The quantitative estimate of drug-likeness (QED) is 0.675. The van der Waals surface area contributed by atoms with Crippen LogP contribution in [0.4, 0.5) is 0 Å². The third kappa shape index (κ3) is 4.20. The second kappa shape index (κ2) is 6.37. The Morgan fingerprint density at radius 2 is 1.95 bits per heavy atom. The van der Waals surface area contributed by atoms with Gasteiger partial charge in [0.05, 0.1) is 6.42 Å². The molecule has 1 amide bonds. The topological polar surface area (TPSA) is 78.4 Å². The van der Waals surface area contributed by atoms with Crippen LogP contribution in [0.1, 0.15) is 44.9 Å². The van der Waals surface area contributed by atoms with E-state index < -0.39 is 5.97 Å². The van der Waals surface area contributed by atoms with Gasteiger partial charge in [-0.05, 0) is 50.1 Å². The lowest BCUT2D eigenvalue weighted by Gasteiger charge is -2.41. The van der Waals surface area contributed by atoms with E-state index in [1.54, 1.807) is 0 Å². The normalized spacial score (nSPS) is 22.5. The maximum absolute atomic E-state index is 11.9. The van der Waals surface area contributed by atoms with E-state index in [4.69, 9.17) is 5.11 Å². The lowest BCUT2D eigenvalue weighted by Crippen LogP contribution is -2.44. The largest absolute Gasteiger partial charge is 0.481 e. The predicted octanol–water partition coefficient (Wildman–Crippen LogP) is 1.14. The molecule has 1 saturated carbocycles. The van der Waals surface area contributed by atoms with E-state index in [-0.39, 0.29) is 17.7 Å². The van der Waals surface area contributed by atoms with Crippen molar-refractivity contribution in [2.75, 3.05) is 19.6 Å². The number of carbonyl (C=O) groups excluding carboxylic acids is 1. The lowest BCUT2D eigenvalue weighted by molar-refractivity contribution is -0.142. The molecule has 2 aliphatic rings. The number of amides is 1. The molecule has 0 aromatic heterocycles. The van der Waals surface area contributed by atoms with Crippen molar-refractivity contribution >= 4 is 11.9 Å². The van der Waals surface area contributed by atoms with Crippen LogP contribution in [0.3, 0.4) is 0 Å². The summed E-state index contributed by atoms with van der Waals surface area (Å²) < 4.78 is 0. The van der Waals surface area contributed by atoms with E-state index >= 15 is 0 Å². The van der Waals surface area contributed by atoms with Gasteiger partial charge in [-0.25, -0.2) is 0 Å². The Balaban J connectivity index is 1.71. The van der Waals surface area contributed by atoms with Gasteiger partial charge in [-0.3, -0.25) is 9.59 Å². The summed E-state index contributed by atoms with van der Waals surface area (Å²) in [4.78, 5) is 22.8. The minimum Gasteiger partial charge on any atom is -0.481 e. The number of hydrogen-bond donors (Lipinski definition) is 3. The highest BCUT2D eigenvalue weighted by molar-refractivity contribution is 5.76. The highest BCUT2D eigenvalue weighted by Gasteiger charge is 2.39. The summed E-state index contributed by atoms with van der Waals surface area (Å²) in [6, 6.07) is 0. The maximum atomic E-state index is 11.9. The molecule has 2 fully saturated rings. The summed E-state index contributed by atoms with van der Waals surface area (Å²) in [7, 11) is 0. The average Bonchev–Trinajstić information content (AvgIpc) is 2.33. The molecule has 1 saturated heterocycles. The van der Waals surface area contributed by atoms with E-state index in [0.29, 0.717) is 18.9 Å². The zero-order valence-electron chi connectivity index (χ0n) is 11.4. The fraction of sp³-hybridized carbons (Fsp3) is 0.857. The van der Waals surface area contributed by atoms with Crippen molar-refractivity contribution in [1.29, 1.82) is 0 Å². The second-order valence-electron chi connectivity index (χ2n) is 6.10. The first-order valence-electron chi connectivity index (χ1n) is 7.29. The first kappa shape index (κ1) is 14.3. The highest BCUT2D eigenvalue weighted by Crippen LogP contribution is 2.43. The fourth-order valence-electron chi connectivity index (χ4n) is 3.12. The first-order valence-corrected chi connectivity index (χ1v) is 7.29. The number of carboxylic acid groups (broad SMARTS) is 1. The average molecular weight is 268 g/mol. The van der Waals surface area contributed by atoms with Gasteiger partial charge in [0.15, 0.2) is 0 Å². The first-order chi connectivity index (χ1) is 9.10. The second-order valence-corrected chi connectivity index (χ2v) is 6.10. The zero-order chi connectivity index (χ0) is 13.7. The molecule has 5 heteroatoms. The molecule has 1 aliphatic carbocycles. The molecule has 0 aromatic rings. The Bertz CT molecular complexity index is 334. The van der Waals surface area contributed by atoms with Gasteiger partial charge >= 0.3 is 5.97 Å². The molecule has 1 heterocycles.